The molecule has 1 saturated carbocycles. The third-order valence-electron chi connectivity index (χ3n) is 7.61. The molecule has 2 aromatic carbocycles. The molecular weight excluding hydrogens is 480 g/mol. The number of benzene rings is 2. The summed E-state index contributed by atoms with van der Waals surface area (Å²) in [7, 11) is 1.74. The van der Waals surface area contributed by atoms with Crippen molar-refractivity contribution < 1.29 is 19.1 Å². The molecule has 1 heterocycles. The molecule has 8 heteroatoms. The van der Waals surface area contributed by atoms with E-state index in [2.05, 4.69) is 15.5 Å². The maximum absolute atomic E-state index is 13.1. The van der Waals surface area contributed by atoms with E-state index in [1.807, 2.05) is 42.5 Å². The van der Waals surface area contributed by atoms with Crippen LogP contribution in [0.15, 0.2) is 48.5 Å². The summed E-state index contributed by atoms with van der Waals surface area (Å²) >= 11 is 0. The fourth-order valence-corrected chi connectivity index (χ4v) is 5.35. The Morgan fingerprint density at radius 3 is 2.24 bits per heavy atom. The summed E-state index contributed by atoms with van der Waals surface area (Å²) in [5, 5.41) is 14.5. The third-order valence-corrected chi connectivity index (χ3v) is 7.61. The van der Waals surface area contributed by atoms with Crippen LogP contribution in [0.2, 0.25) is 0 Å². The van der Waals surface area contributed by atoms with Gasteiger partial charge in [0.1, 0.15) is 23.9 Å². The summed E-state index contributed by atoms with van der Waals surface area (Å²) in [6.07, 6.45) is 6.18. The average molecular weight is 519 g/mol. The predicted octanol–water partition coefficient (Wildman–Crippen LogP) is 3.92. The van der Waals surface area contributed by atoms with Crippen molar-refractivity contribution in [2.45, 2.75) is 56.6 Å². The second-order valence-electron chi connectivity index (χ2n) is 10.2. The van der Waals surface area contributed by atoms with Crippen LogP contribution in [-0.4, -0.2) is 68.3 Å². The molecule has 2 aliphatic rings. The van der Waals surface area contributed by atoms with E-state index >= 15 is 0 Å². The molecule has 202 valence electrons. The average Bonchev–Trinajstić information content (AvgIpc) is 2.96. The molecule has 1 aliphatic heterocycles. The molecule has 0 spiro atoms. The molecule has 0 unspecified atom stereocenters. The summed E-state index contributed by atoms with van der Waals surface area (Å²) in [4.78, 5) is 28.3. The van der Waals surface area contributed by atoms with Gasteiger partial charge < -0.3 is 25.0 Å². The van der Waals surface area contributed by atoms with Crippen molar-refractivity contribution in [3.05, 3.63) is 54.1 Å². The Morgan fingerprint density at radius 2 is 1.63 bits per heavy atom. The molecule has 1 saturated heterocycles. The zero-order valence-corrected chi connectivity index (χ0v) is 22.2. The number of amides is 2. The number of nitriles is 1. The first-order chi connectivity index (χ1) is 18.5. The lowest BCUT2D eigenvalue weighted by Gasteiger charge is -2.36. The zero-order chi connectivity index (χ0) is 26.8. The number of carbonyl (C=O) groups excluding carboxylic acids is 2. The molecule has 0 bridgehead atoms. The Labute approximate surface area is 225 Å². The van der Waals surface area contributed by atoms with Gasteiger partial charge in [0.2, 0.25) is 5.91 Å². The Balaban J connectivity index is 1.33. The minimum Gasteiger partial charge on any atom is -0.490 e. The monoisotopic (exact) mass is 518 g/mol. The molecule has 2 aromatic rings. The van der Waals surface area contributed by atoms with Gasteiger partial charge in [-0.2, -0.15) is 5.26 Å². The van der Waals surface area contributed by atoms with E-state index in [0.717, 1.165) is 75.2 Å². The van der Waals surface area contributed by atoms with Crippen molar-refractivity contribution in [2.24, 2.45) is 0 Å². The second-order valence-corrected chi connectivity index (χ2v) is 10.2. The Kier molecular flexibility index (Phi) is 9.74. The van der Waals surface area contributed by atoms with Gasteiger partial charge in [-0.3, -0.25) is 9.59 Å². The molecule has 1 aliphatic carbocycles. The fraction of sp³-hybridized carbons (Fsp3) is 0.500. The quantitative estimate of drug-likeness (QED) is 0.462. The number of nitrogens with zero attached hydrogens (tertiary/aromatic N) is 2. The first-order valence-electron chi connectivity index (χ1n) is 13.6. The van der Waals surface area contributed by atoms with Gasteiger partial charge in [0.15, 0.2) is 0 Å². The number of hydrogen-bond donors (Lipinski definition) is 2. The van der Waals surface area contributed by atoms with Crippen LogP contribution in [0.1, 0.15) is 55.3 Å². The van der Waals surface area contributed by atoms with Crippen LogP contribution < -0.4 is 15.4 Å². The van der Waals surface area contributed by atoms with Crippen molar-refractivity contribution in [2.75, 3.05) is 39.9 Å². The largest absolute Gasteiger partial charge is 0.490 e. The van der Waals surface area contributed by atoms with E-state index in [4.69, 9.17) is 14.7 Å². The fourth-order valence-electron chi connectivity index (χ4n) is 5.35. The van der Waals surface area contributed by atoms with Crippen molar-refractivity contribution >= 4 is 11.8 Å². The van der Waals surface area contributed by atoms with Gasteiger partial charge in [0.25, 0.3) is 5.91 Å². The van der Waals surface area contributed by atoms with Crippen molar-refractivity contribution in [1.82, 2.24) is 15.5 Å². The molecule has 2 fully saturated rings. The predicted molar refractivity (Wildman–Crippen MR) is 146 cm³/mol. The number of rotatable bonds is 10. The van der Waals surface area contributed by atoms with E-state index in [1.165, 1.54) is 0 Å². The number of likely N-dealkylation sites (tertiary alicyclic amines) is 1. The lowest BCUT2D eigenvalue weighted by atomic mass is 9.80. The molecule has 2 amide bonds. The van der Waals surface area contributed by atoms with Gasteiger partial charge in [-0.15, -0.1) is 0 Å². The Bertz CT molecular complexity index is 1100. The van der Waals surface area contributed by atoms with Crippen LogP contribution in [0.3, 0.4) is 0 Å². The Morgan fingerprint density at radius 1 is 1.00 bits per heavy atom. The molecular formula is C30H38N4O4. The highest BCUT2D eigenvalue weighted by molar-refractivity contribution is 5.99. The maximum atomic E-state index is 13.1. The third kappa shape index (κ3) is 7.12. The molecule has 0 aromatic heterocycles. The van der Waals surface area contributed by atoms with Gasteiger partial charge in [-0.25, -0.2) is 0 Å². The number of methoxy groups -OCH3 is 1. The normalized spacial score (nSPS) is 17.8. The summed E-state index contributed by atoms with van der Waals surface area (Å²) < 4.78 is 11.4. The number of ether oxygens (including phenoxy) is 2. The van der Waals surface area contributed by atoms with Gasteiger partial charge >= 0.3 is 0 Å². The van der Waals surface area contributed by atoms with Crippen molar-refractivity contribution in [3.63, 3.8) is 0 Å². The lowest BCUT2D eigenvalue weighted by Crippen LogP contribution is -2.59. The van der Waals surface area contributed by atoms with Gasteiger partial charge in [-0.05, 0) is 61.1 Å². The van der Waals surface area contributed by atoms with Crippen LogP contribution >= 0.6 is 0 Å². The molecule has 0 radical (unpaired) electrons. The van der Waals surface area contributed by atoms with Crippen LogP contribution in [0.5, 0.6) is 5.75 Å². The van der Waals surface area contributed by atoms with Crippen LogP contribution in [0.25, 0.3) is 11.1 Å². The minimum atomic E-state index is -0.957. The SMILES string of the molecule is COCCN1CCC(Oc2ccc(-c3ccc(C(=O)NC4(C(=O)NCC#N)CCCCC4)cc3)cc2)CC1. The van der Waals surface area contributed by atoms with Gasteiger partial charge in [-0.1, -0.05) is 43.5 Å². The van der Waals surface area contributed by atoms with Gasteiger partial charge in [0.05, 0.1) is 12.7 Å². The van der Waals surface area contributed by atoms with E-state index in [1.54, 1.807) is 19.2 Å². The van der Waals surface area contributed by atoms with Gasteiger partial charge in [0, 0.05) is 32.3 Å². The molecule has 0 atom stereocenters. The molecule has 4 rings (SSSR count). The van der Waals surface area contributed by atoms with Crippen LogP contribution in [0, 0.1) is 11.3 Å². The van der Waals surface area contributed by atoms with Crippen LogP contribution in [-0.2, 0) is 9.53 Å². The molecule has 8 nitrogen and oxygen atoms in total. The number of carbonyl (C=O) groups is 2. The van der Waals surface area contributed by atoms with E-state index in [-0.39, 0.29) is 24.5 Å². The van der Waals surface area contributed by atoms with E-state index in [0.29, 0.717) is 18.4 Å². The molecule has 2 N–H and O–H groups in total. The summed E-state index contributed by atoms with van der Waals surface area (Å²) in [5.74, 6) is 0.317. The van der Waals surface area contributed by atoms with E-state index in [9.17, 15) is 9.59 Å². The number of piperidine rings is 1. The number of nitrogens with one attached hydrogen (secondary N) is 2. The van der Waals surface area contributed by atoms with Crippen molar-refractivity contribution in [1.29, 1.82) is 5.26 Å². The summed E-state index contributed by atoms with van der Waals surface area (Å²) in [6.45, 7) is 3.72. The zero-order valence-electron chi connectivity index (χ0n) is 22.2. The smallest absolute Gasteiger partial charge is 0.252 e. The first kappa shape index (κ1) is 27.6. The maximum Gasteiger partial charge on any atom is 0.252 e. The van der Waals surface area contributed by atoms with Crippen molar-refractivity contribution in [3.8, 4) is 22.9 Å². The second kappa shape index (κ2) is 13.4. The first-order valence-corrected chi connectivity index (χ1v) is 13.6. The topological polar surface area (TPSA) is 104 Å². The minimum absolute atomic E-state index is 0.0663. The Hall–Kier alpha value is -3.41. The highest BCUT2D eigenvalue weighted by atomic mass is 16.5. The highest BCUT2D eigenvalue weighted by Gasteiger charge is 2.40. The lowest BCUT2D eigenvalue weighted by molar-refractivity contribution is -0.128. The standard InChI is InChI=1S/C30H38N4O4/c1-37-22-21-34-19-13-27(14-20-34)38-26-11-9-24(10-12-26)23-5-7-25(8-6-23)28(35)33-30(15-3-2-4-16-30)29(36)32-18-17-31/h5-12,27H,2-4,13-16,18-22H2,1H3,(H,32,36)(H,33,35). The molecule has 38 heavy (non-hydrogen) atoms. The highest BCUT2D eigenvalue weighted by Crippen LogP contribution is 2.30. The number of hydrogen-bond acceptors (Lipinski definition) is 6. The summed E-state index contributed by atoms with van der Waals surface area (Å²) in [5.41, 5.74) is 1.59. The van der Waals surface area contributed by atoms with E-state index < -0.39 is 5.54 Å². The summed E-state index contributed by atoms with van der Waals surface area (Å²) in [6, 6.07) is 17.4. The van der Waals surface area contributed by atoms with Crippen LogP contribution in [0.4, 0.5) is 0 Å².